The van der Waals surface area contributed by atoms with Crippen LogP contribution < -0.4 is 10.6 Å². The van der Waals surface area contributed by atoms with E-state index in [9.17, 15) is 9.59 Å². The summed E-state index contributed by atoms with van der Waals surface area (Å²) in [6.45, 7) is 6.36. The SMILES string of the molecule is CCCNC(=O)CCOCCOCCOCCOCCC(=O)NC. The van der Waals surface area contributed by atoms with Crippen LogP contribution in [0.15, 0.2) is 0 Å². The van der Waals surface area contributed by atoms with E-state index in [0.717, 1.165) is 6.42 Å². The summed E-state index contributed by atoms with van der Waals surface area (Å²) >= 11 is 0. The maximum atomic E-state index is 11.3. The van der Waals surface area contributed by atoms with Crippen LogP contribution in [0, 0.1) is 0 Å². The lowest BCUT2D eigenvalue weighted by Gasteiger charge is -2.07. The molecule has 0 rings (SSSR count). The van der Waals surface area contributed by atoms with Gasteiger partial charge in [-0.1, -0.05) is 6.92 Å². The van der Waals surface area contributed by atoms with Crippen LogP contribution in [-0.4, -0.2) is 78.3 Å². The second-order valence-electron chi connectivity index (χ2n) is 4.97. The van der Waals surface area contributed by atoms with Gasteiger partial charge in [-0.05, 0) is 6.42 Å². The fraction of sp³-hybridized carbons (Fsp3) is 0.875. The first-order valence-electron chi connectivity index (χ1n) is 8.49. The number of hydrogen-bond donors (Lipinski definition) is 2. The number of amides is 2. The summed E-state index contributed by atoms with van der Waals surface area (Å²) in [7, 11) is 1.60. The molecule has 0 aromatic heterocycles. The molecule has 0 saturated carbocycles. The molecule has 142 valence electrons. The van der Waals surface area contributed by atoms with Crippen LogP contribution >= 0.6 is 0 Å². The molecule has 8 heteroatoms. The van der Waals surface area contributed by atoms with E-state index in [-0.39, 0.29) is 11.8 Å². The molecule has 2 N–H and O–H groups in total. The maximum absolute atomic E-state index is 11.3. The van der Waals surface area contributed by atoms with Crippen molar-refractivity contribution in [2.24, 2.45) is 0 Å². The van der Waals surface area contributed by atoms with Crippen LogP contribution in [0.25, 0.3) is 0 Å². The third-order valence-electron chi connectivity index (χ3n) is 2.91. The Kier molecular flexibility index (Phi) is 17.2. The van der Waals surface area contributed by atoms with E-state index in [0.29, 0.717) is 72.2 Å². The van der Waals surface area contributed by atoms with Gasteiger partial charge in [0.15, 0.2) is 0 Å². The average molecular weight is 348 g/mol. The van der Waals surface area contributed by atoms with Crippen molar-refractivity contribution in [3.8, 4) is 0 Å². The molecule has 0 atom stereocenters. The lowest BCUT2D eigenvalue weighted by atomic mass is 10.4. The van der Waals surface area contributed by atoms with Crippen molar-refractivity contribution >= 4 is 11.8 Å². The molecule has 0 radical (unpaired) electrons. The smallest absolute Gasteiger partial charge is 0.222 e. The van der Waals surface area contributed by atoms with E-state index < -0.39 is 0 Å². The predicted molar refractivity (Wildman–Crippen MR) is 89.9 cm³/mol. The highest BCUT2D eigenvalue weighted by molar-refractivity contribution is 5.76. The highest BCUT2D eigenvalue weighted by Crippen LogP contribution is 1.87. The van der Waals surface area contributed by atoms with Gasteiger partial charge in [-0.25, -0.2) is 0 Å². The van der Waals surface area contributed by atoms with Crippen molar-refractivity contribution in [3.05, 3.63) is 0 Å². The van der Waals surface area contributed by atoms with Gasteiger partial charge in [0.1, 0.15) is 0 Å². The molecule has 0 aliphatic carbocycles. The van der Waals surface area contributed by atoms with Crippen LogP contribution in [-0.2, 0) is 28.5 Å². The average Bonchev–Trinajstić information content (AvgIpc) is 2.59. The summed E-state index contributed by atoms with van der Waals surface area (Å²) in [6, 6.07) is 0. The van der Waals surface area contributed by atoms with Gasteiger partial charge in [-0.15, -0.1) is 0 Å². The van der Waals surface area contributed by atoms with Crippen LogP contribution in [0.2, 0.25) is 0 Å². The topological polar surface area (TPSA) is 95.1 Å². The lowest BCUT2D eigenvalue weighted by Crippen LogP contribution is -2.25. The molecule has 0 aromatic carbocycles. The standard InChI is InChI=1S/C16H32N2O6/c1-3-6-18-16(20)5-8-22-10-12-24-14-13-23-11-9-21-7-4-15(19)17-2/h3-14H2,1-2H3,(H,17,19)(H,18,20). The fourth-order valence-corrected chi connectivity index (χ4v) is 1.57. The molecule has 8 nitrogen and oxygen atoms in total. The molecule has 24 heavy (non-hydrogen) atoms. The van der Waals surface area contributed by atoms with Gasteiger partial charge in [-0.2, -0.15) is 0 Å². The molecule has 2 amide bonds. The van der Waals surface area contributed by atoms with Crippen molar-refractivity contribution in [2.45, 2.75) is 26.2 Å². The number of ether oxygens (including phenoxy) is 4. The summed E-state index contributed by atoms with van der Waals surface area (Å²) < 4.78 is 21.2. The fourth-order valence-electron chi connectivity index (χ4n) is 1.57. The molecule has 0 spiro atoms. The van der Waals surface area contributed by atoms with E-state index in [4.69, 9.17) is 18.9 Å². The summed E-state index contributed by atoms with van der Waals surface area (Å²) in [6.07, 6.45) is 1.67. The molecule has 0 fully saturated rings. The zero-order valence-corrected chi connectivity index (χ0v) is 14.9. The third-order valence-corrected chi connectivity index (χ3v) is 2.91. The number of carbonyl (C=O) groups is 2. The highest BCUT2D eigenvalue weighted by atomic mass is 16.6. The predicted octanol–water partition coefficient (Wildman–Crippen LogP) is 0.105. The van der Waals surface area contributed by atoms with Gasteiger partial charge in [0.05, 0.1) is 52.9 Å². The van der Waals surface area contributed by atoms with Gasteiger partial charge >= 0.3 is 0 Å². The van der Waals surface area contributed by atoms with Crippen molar-refractivity contribution in [1.82, 2.24) is 10.6 Å². The Morgan fingerprint density at radius 1 is 0.708 bits per heavy atom. The Bertz CT molecular complexity index is 315. The zero-order chi connectivity index (χ0) is 17.9. The van der Waals surface area contributed by atoms with Gasteiger partial charge in [0.2, 0.25) is 11.8 Å². The van der Waals surface area contributed by atoms with Crippen molar-refractivity contribution in [1.29, 1.82) is 0 Å². The zero-order valence-electron chi connectivity index (χ0n) is 14.9. The third kappa shape index (κ3) is 17.1. The Hall–Kier alpha value is -1.22. The number of carbonyl (C=O) groups excluding carboxylic acids is 2. The molecular weight excluding hydrogens is 316 g/mol. The monoisotopic (exact) mass is 348 g/mol. The van der Waals surface area contributed by atoms with Crippen LogP contribution in [0.5, 0.6) is 0 Å². The maximum Gasteiger partial charge on any atom is 0.222 e. The molecule has 0 unspecified atom stereocenters. The summed E-state index contributed by atoms with van der Waals surface area (Å²) in [5.41, 5.74) is 0. The van der Waals surface area contributed by atoms with E-state index in [2.05, 4.69) is 10.6 Å². The highest BCUT2D eigenvalue weighted by Gasteiger charge is 1.99. The van der Waals surface area contributed by atoms with Crippen LogP contribution in [0.4, 0.5) is 0 Å². The Labute approximate surface area is 144 Å². The van der Waals surface area contributed by atoms with E-state index in [1.807, 2.05) is 6.92 Å². The molecule has 0 saturated heterocycles. The molecule has 0 bridgehead atoms. The van der Waals surface area contributed by atoms with Crippen LogP contribution in [0.1, 0.15) is 26.2 Å². The summed E-state index contributed by atoms with van der Waals surface area (Å²) in [5, 5.41) is 5.31. The minimum absolute atomic E-state index is 0.0173. The van der Waals surface area contributed by atoms with Gasteiger partial charge < -0.3 is 29.6 Å². The molecule has 0 aliphatic rings. The van der Waals surface area contributed by atoms with E-state index in [1.54, 1.807) is 7.05 Å². The summed E-state index contributed by atoms with van der Waals surface area (Å²) in [4.78, 5) is 22.2. The Morgan fingerprint density at radius 2 is 1.12 bits per heavy atom. The van der Waals surface area contributed by atoms with Gasteiger partial charge in [0.25, 0.3) is 0 Å². The normalized spacial score (nSPS) is 10.6. The second-order valence-corrected chi connectivity index (χ2v) is 4.97. The van der Waals surface area contributed by atoms with Crippen molar-refractivity contribution in [2.75, 3.05) is 66.4 Å². The van der Waals surface area contributed by atoms with E-state index in [1.165, 1.54) is 0 Å². The summed E-state index contributed by atoms with van der Waals surface area (Å²) in [5.74, 6) is -0.0168. The molecular formula is C16H32N2O6. The minimum atomic E-state index is -0.0341. The Morgan fingerprint density at radius 3 is 1.54 bits per heavy atom. The van der Waals surface area contributed by atoms with Gasteiger partial charge in [0, 0.05) is 26.4 Å². The van der Waals surface area contributed by atoms with Gasteiger partial charge in [-0.3, -0.25) is 9.59 Å². The quantitative estimate of drug-likeness (QED) is 0.362. The lowest BCUT2D eigenvalue weighted by molar-refractivity contribution is -0.123. The van der Waals surface area contributed by atoms with Crippen molar-refractivity contribution in [3.63, 3.8) is 0 Å². The van der Waals surface area contributed by atoms with Crippen LogP contribution in [0.3, 0.4) is 0 Å². The number of hydrogen-bond acceptors (Lipinski definition) is 6. The molecule has 0 aromatic rings. The minimum Gasteiger partial charge on any atom is -0.379 e. The Balaban J connectivity index is 3.10. The van der Waals surface area contributed by atoms with Crippen molar-refractivity contribution < 1.29 is 28.5 Å². The first-order valence-corrected chi connectivity index (χ1v) is 8.49. The first-order chi connectivity index (χ1) is 11.7. The molecule has 0 aliphatic heterocycles. The second kappa shape index (κ2) is 18.1. The largest absolute Gasteiger partial charge is 0.379 e. The van der Waals surface area contributed by atoms with E-state index >= 15 is 0 Å². The first kappa shape index (κ1) is 22.8. The number of nitrogens with one attached hydrogen (secondary N) is 2. The number of rotatable bonds is 17. The molecule has 0 heterocycles.